The van der Waals surface area contributed by atoms with Gasteiger partial charge in [-0.2, -0.15) is 0 Å². The molecule has 0 radical (unpaired) electrons. The van der Waals surface area contributed by atoms with E-state index in [0.29, 0.717) is 12.0 Å². The summed E-state index contributed by atoms with van der Waals surface area (Å²) in [5, 5.41) is 0. The molecule has 0 amide bonds. The Morgan fingerprint density at radius 2 is 1.90 bits per heavy atom. The van der Waals surface area contributed by atoms with Crippen LogP contribution in [0.25, 0.3) is 0 Å². The first-order chi connectivity index (χ1) is 9.67. The highest BCUT2D eigenvalue weighted by molar-refractivity contribution is 5.49. The van der Waals surface area contributed by atoms with E-state index in [2.05, 4.69) is 34.1 Å². The molecule has 3 rings (SSSR count). The molecule has 0 unspecified atom stereocenters. The van der Waals surface area contributed by atoms with Crippen molar-refractivity contribution in [2.45, 2.75) is 38.6 Å². The molecule has 1 aliphatic heterocycles. The van der Waals surface area contributed by atoms with Crippen molar-refractivity contribution in [1.29, 1.82) is 0 Å². The van der Waals surface area contributed by atoms with Crippen LogP contribution in [-0.2, 0) is 0 Å². The minimum atomic E-state index is 0.541. The summed E-state index contributed by atoms with van der Waals surface area (Å²) >= 11 is 0. The molecule has 1 saturated carbocycles. The number of nitrogens with zero attached hydrogens (tertiary/aromatic N) is 4. The zero-order chi connectivity index (χ0) is 14.1. The fourth-order valence-corrected chi connectivity index (χ4v) is 2.68. The van der Waals surface area contributed by atoms with Gasteiger partial charge in [0.25, 0.3) is 0 Å². The Balaban J connectivity index is 1.75. The number of hydrogen-bond acceptors (Lipinski definition) is 6. The third kappa shape index (κ3) is 2.86. The van der Waals surface area contributed by atoms with Gasteiger partial charge in [0.15, 0.2) is 0 Å². The van der Waals surface area contributed by atoms with E-state index in [-0.39, 0.29) is 0 Å². The maximum atomic E-state index is 5.53. The Morgan fingerprint density at radius 1 is 1.20 bits per heavy atom. The van der Waals surface area contributed by atoms with Crippen molar-refractivity contribution in [1.82, 2.24) is 14.9 Å². The number of anilines is 2. The normalized spacial score (nSPS) is 20.5. The van der Waals surface area contributed by atoms with Crippen molar-refractivity contribution < 1.29 is 0 Å². The summed E-state index contributed by atoms with van der Waals surface area (Å²) in [6.07, 6.45) is 2.41. The Bertz CT molecular complexity index is 463. The number of rotatable bonds is 4. The molecule has 2 fully saturated rings. The summed E-state index contributed by atoms with van der Waals surface area (Å²) in [6, 6.07) is 2.57. The number of nitrogen functional groups attached to an aromatic ring is 1. The first kappa shape index (κ1) is 13.6. The molecule has 1 saturated heterocycles. The Kier molecular flexibility index (Phi) is 3.76. The van der Waals surface area contributed by atoms with Crippen molar-refractivity contribution >= 4 is 11.6 Å². The van der Waals surface area contributed by atoms with Crippen LogP contribution in [0.15, 0.2) is 6.07 Å². The van der Waals surface area contributed by atoms with Crippen molar-refractivity contribution in [2.24, 2.45) is 5.84 Å². The molecule has 6 nitrogen and oxygen atoms in total. The minimum absolute atomic E-state index is 0.541. The fraction of sp³-hybridized carbons (Fsp3) is 0.714. The van der Waals surface area contributed by atoms with Gasteiger partial charge in [-0.1, -0.05) is 0 Å². The molecule has 6 heteroatoms. The molecule has 3 N–H and O–H groups in total. The van der Waals surface area contributed by atoms with Gasteiger partial charge in [0, 0.05) is 44.2 Å². The van der Waals surface area contributed by atoms with Crippen LogP contribution in [0.1, 0.15) is 38.4 Å². The van der Waals surface area contributed by atoms with Crippen LogP contribution in [0.3, 0.4) is 0 Å². The monoisotopic (exact) mass is 276 g/mol. The molecule has 0 bridgehead atoms. The van der Waals surface area contributed by atoms with Crippen LogP contribution in [-0.4, -0.2) is 47.1 Å². The zero-order valence-electron chi connectivity index (χ0n) is 12.3. The lowest BCUT2D eigenvalue weighted by Gasteiger charge is -2.37. The standard InChI is InChI=1S/C14H24N6/c1-10(2)19-5-7-20(8-6-19)13-9-12(18-15)16-14(17-13)11-3-4-11/h9-11H,3-8,15H2,1-2H3,(H,16,17,18). The SMILES string of the molecule is CC(C)N1CCN(c2cc(NN)nc(C3CC3)n2)CC1. The number of nitrogens with two attached hydrogens (primary N) is 1. The average molecular weight is 276 g/mol. The number of piperazine rings is 1. The van der Waals surface area contributed by atoms with Crippen molar-refractivity contribution in [3.8, 4) is 0 Å². The molecule has 2 heterocycles. The van der Waals surface area contributed by atoms with Gasteiger partial charge in [-0.25, -0.2) is 15.8 Å². The van der Waals surface area contributed by atoms with Crippen molar-refractivity contribution in [2.75, 3.05) is 36.5 Å². The number of hydrogen-bond donors (Lipinski definition) is 2. The van der Waals surface area contributed by atoms with Crippen LogP contribution in [0.2, 0.25) is 0 Å². The fourth-order valence-electron chi connectivity index (χ4n) is 2.68. The van der Waals surface area contributed by atoms with Crippen LogP contribution in [0, 0.1) is 0 Å². The quantitative estimate of drug-likeness (QED) is 0.635. The smallest absolute Gasteiger partial charge is 0.145 e. The molecule has 2 aliphatic rings. The van der Waals surface area contributed by atoms with Gasteiger partial charge in [0.1, 0.15) is 17.5 Å². The van der Waals surface area contributed by atoms with Gasteiger partial charge < -0.3 is 10.3 Å². The van der Waals surface area contributed by atoms with E-state index >= 15 is 0 Å². The van der Waals surface area contributed by atoms with Crippen molar-refractivity contribution in [3.63, 3.8) is 0 Å². The third-order valence-electron chi connectivity index (χ3n) is 4.19. The second kappa shape index (κ2) is 5.54. The Labute approximate surface area is 120 Å². The molecule has 20 heavy (non-hydrogen) atoms. The highest BCUT2D eigenvalue weighted by atomic mass is 15.3. The predicted molar refractivity (Wildman–Crippen MR) is 80.7 cm³/mol. The Morgan fingerprint density at radius 3 is 2.45 bits per heavy atom. The van der Waals surface area contributed by atoms with Crippen LogP contribution < -0.4 is 16.2 Å². The van der Waals surface area contributed by atoms with Gasteiger partial charge >= 0.3 is 0 Å². The topological polar surface area (TPSA) is 70.3 Å². The lowest BCUT2D eigenvalue weighted by molar-refractivity contribution is 0.209. The Hall–Kier alpha value is -1.40. The van der Waals surface area contributed by atoms with Crippen LogP contribution >= 0.6 is 0 Å². The summed E-state index contributed by atoms with van der Waals surface area (Å²) in [6.45, 7) is 8.72. The largest absolute Gasteiger partial charge is 0.354 e. The third-order valence-corrected chi connectivity index (χ3v) is 4.19. The molecule has 110 valence electrons. The van der Waals surface area contributed by atoms with E-state index in [4.69, 9.17) is 10.8 Å². The van der Waals surface area contributed by atoms with E-state index in [1.165, 1.54) is 12.8 Å². The maximum absolute atomic E-state index is 5.53. The van der Waals surface area contributed by atoms with Gasteiger partial charge in [0.2, 0.25) is 0 Å². The molecule has 0 aromatic carbocycles. The van der Waals surface area contributed by atoms with E-state index in [1.807, 2.05) is 6.07 Å². The number of hydrazine groups is 1. The van der Waals surface area contributed by atoms with Gasteiger partial charge in [-0.15, -0.1) is 0 Å². The lowest BCUT2D eigenvalue weighted by atomic mass is 10.2. The summed E-state index contributed by atoms with van der Waals surface area (Å²) in [4.78, 5) is 14.0. The van der Waals surface area contributed by atoms with Gasteiger partial charge in [-0.3, -0.25) is 4.90 Å². The van der Waals surface area contributed by atoms with E-state index < -0.39 is 0 Å². The first-order valence-electron chi connectivity index (χ1n) is 7.52. The van der Waals surface area contributed by atoms with Gasteiger partial charge in [0.05, 0.1) is 0 Å². The molecular formula is C14H24N6. The first-order valence-corrected chi connectivity index (χ1v) is 7.52. The zero-order valence-corrected chi connectivity index (χ0v) is 12.3. The summed E-state index contributed by atoms with van der Waals surface area (Å²) in [7, 11) is 0. The molecule has 1 aliphatic carbocycles. The molecular weight excluding hydrogens is 252 g/mol. The van der Waals surface area contributed by atoms with Gasteiger partial charge in [-0.05, 0) is 26.7 Å². The van der Waals surface area contributed by atoms with E-state index in [1.54, 1.807) is 0 Å². The second-order valence-electron chi connectivity index (χ2n) is 6.00. The molecule has 1 aromatic heterocycles. The number of aromatic nitrogens is 2. The summed E-state index contributed by atoms with van der Waals surface area (Å²) < 4.78 is 0. The highest BCUT2D eigenvalue weighted by Gasteiger charge is 2.28. The van der Waals surface area contributed by atoms with Crippen LogP contribution in [0.4, 0.5) is 11.6 Å². The highest BCUT2D eigenvalue weighted by Crippen LogP contribution is 2.39. The predicted octanol–water partition coefficient (Wildman–Crippen LogP) is 1.17. The second-order valence-corrected chi connectivity index (χ2v) is 6.00. The molecule has 0 spiro atoms. The number of nitrogens with one attached hydrogen (secondary N) is 1. The van der Waals surface area contributed by atoms with E-state index in [0.717, 1.165) is 43.6 Å². The average Bonchev–Trinajstić information content (AvgIpc) is 3.31. The molecule has 1 aromatic rings. The maximum Gasteiger partial charge on any atom is 0.145 e. The summed E-state index contributed by atoms with van der Waals surface area (Å²) in [5.74, 6) is 8.76. The van der Waals surface area contributed by atoms with Crippen molar-refractivity contribution in [3.05, 3.63) is 11.9 Å². The molecule has 0 atom stereocenters. The van der Waals surface area contributed by atoms with Crippen LogP contribution in [0.5, 0.6) is 0 Å². The van der Waals surface area contributed by atoms with E-state index in [9.17, 15) is 0 Å². The summed E-state index contributed by atoms with van der Waals surface area (Å²) in [5.41, 5.74) is 2.67. The minimum Gasteiger partial charge on any atom is -0.354 e. The lowest BCUT2D eigenvalue weighted by Crippen LogP contribution is -2.49.